The zero-order valence-corrected chi connectivity index (χ0v) is 16.1. The maximum atomic E-state index is 14.5. The summed E-state index contributed by atoms with van der Waals surface area (Å²) < 4.78 is 19.8. The number of rotatable bonds is 4. The standard InChI is InChI=1S/C19H25FN2O2S/c1-12(21)16-9-10-17(25-16)13-7-6-8-15(20)14(13)11-22(5)18(23)24-19(2,3)4/h6-10,12H,11,21H2,1-5H3/t12-/m1/s1. The summed E-state index contributed by atoms with van der Waals surface area (Å²) in [5, 5.41) is 0. The maximum Gasteiger partial charge on any atom is 0.410 e. The molecule has 1 heterocycles. The van der Waals surface area contributed by atoms with Crippen LogP contribution in [0.4, 0.5) is 9.18 Å². The second-order valence-electron chi connectivity index (χ2n) is 7.09. The first-order valence-corrected chi connectivity index (χ1v) is 8.97. The molecule has 0 saturated carbocycles. The number of carbonyl (C=O) groups excluding carboxylic acids is 1. The predicted octanol–water partition coefficient (Wildman–Crippen LogP) is 4.94. The fourth-order valence-electron chi connectivity index (χ4n) is 2.33. The third-order valence-corrected chi connectivity index (χ3v) is 4.88. The van der Waals surface area contributed by atoms with E-state index in [9.17, 15) is 9.18 Å². The second-order valence-corrected chi connectivity index (χ2v) is 8.21. The molecular weight excluding hydrogens is 339 g/mol. The first kappa shape index (κ1) is 19.4. The van der Waals surface area contributed by atoms with Crippen LogP contribution in [0.1, 0.15) is 44.2 Å². The van der Waals surface area contributed by atoms with Crippen molar-refractivity contribution < 1.29 is 13.9 Å². The summed E-state index contributed by atoms with van der Waals surface area (Å²) in [6, 6.07) is 8.76. The number of nitrogens with two attached hydrogens (primary N) is 1. The number of carbonyl (C=O) groups is 1. The fraction of sp³-hybridized carbons (Fsp3) is 0.421. The lowest BCUT2D eigenvalue weighted by Gasteiger charge is -2.25. The minimum atomic E-state index is -0.594. The highest BCUT2D eigenvalue weighted by Gasteiger charge is 2.22. The molecule has 1 aromatic heterocycles. The highest BCUT2D eigenvalue weighted by atomic mass is 32.1. The minimum Gasteiger partial charge on any atom is -0.444 e. The van der Waals surface area contributed by atoms with Gasteiger partial charge in [-0.05, 0) is 51.5 Å². The van der Waals surface area contributed by atoms with Crippen LogP contribution in [0.3, 0.4) is 0 Å². The fourth-order valence-corrected chi connectivity index (χ4v) is 3.35. The Bertz CT molecular complexity index is 750. The molecule has 6 heteroatoms. The van der Waals surface area contributed by atoms with Gasteiger partial charge in [0, 0.05) is 28.4 Å². The van der Waals surface area contributed by atoms with E-state index in [1.807, 2.05) is 25.1 Å². The van der Waals surface area contributed by atoms with E-state index >= 15 is 0 Å². The number of amides is 1. The number of ether oxygens (including phenoxy) is 1. The van der Waals surface area contributed by atoms with Crippen molar-refractivity contribution in [2.24, 2.45) is 5.73 Å². The van der Waals surface area contributed by atoms with Crippen LogP contribution < -0.4 is 5.73 Å². The molecule has 0 spiro atoms. The van der Waals surface area contributed by atoms with Gasteiger partial charge in [-0.2, -0.15) is 0 Å². The molecule has 0 unspecified atom stereocenters. The predicted molar refractivity (Wildman–Crippen MR) is 100 cm³/mol. The van der Waals surface area contributed by atoms with Crippen LogP contribution in [0.5, 0.6) is 0 Å². The van der Waals surface area contributed by atoms with Crippen molar-refractivity contribution in [3.63, 3.8) is 0 Å². The molecule has 1 amide bonds. The Hall–Kier alpha value is -1.92. The van der Waals surface area contributed by atoms with Crippen LogP contribution in [0, 0.1) is 5.82 Å². The van der Waals surface area contributed by atoms with Crippen molar-refractivity contribution in [1.29, 1.82) is 0 Å². The van der Waals surface area contributed by atoms with Crippen LogP contribution in [0.2, 0.25) is 0 Å². The molecule has 0 saturated heterocycles. The van der Waals surface area contributed by atoms with Crippen LogP contribution >= 0.6 is 11.3 Å². The molecule has 0 radical (unpaired) electrons. The summed E-state index contributed by atoms with van der Waals surface area (Å²) in [7, 11) is 1.60. The summed E-state index contributed by atoms with van der Waals surface area (Å²) in [4.78, 5) is 15.5. The van der Waals surface area contributed by atoms with Crippen molar-refractivity contribution >= 4 is 17.4 Å². The SMILES string of the molecule is C[C@@H](N)c1ccc(-c2cccc(F)c2CN(C)C(=O)OC(C)(C)C)s1. The van der Waals surface area contributed by atoms with Gasteiger partial charge < -0.3 is 15.4 Å². The van der Waals surface area contributed by atoms with E-state index in [0.717, 1.165) is 15.3 Å². The first-order chi connectivity index (χ1) is 11.6. The Labute approximate surface area is 152 Å². The van der Waals surface area contributed by atoms with Crippen molar-refractivity contribution in [2.45, 2.75) is 45.9 Å². The monoisotopic (exact) mass is 364 g/mol. The Kier molecular flexibility index (Phi) is 5.85. The lowest BCUT2D eigenvalue weighted by atomic mass is 10.0. The summed E-state index contributed by atoms with van der Waals surface area (Å²) in [5.41, 5.74) is 6.56. The van der Waals surface area contributed by atoms with Crippen LogP contribution in [-0.4, -0.2) is 23.6 Å². The molecule has 0 aliphatic heterocycles. The number of hydrogen-bond donors (Lipinski definition) is 1. The van der Waals surface area contributed by atoms with Gasteiger partial charge in [-0.3, -0.25) is 0 Å². The van der Waals surface area contributed by atoms with Gasteiger partial charge in [0.15, 0.2) is 0 Å². The van der Waals surface area contributed by atoms with E-state index in [1.54, 1.807) is 33.9 Å². The van der Waals surface area contributed by atoms with Gasteiger partial charge in [0.25, 0.3) is 0 Å². The summed E-state index contributed by atoms with van der Waals surface area (Å²) in [6.45, 7) is 7.44. The summed E-state index contributed by atoms with van der Waals surface area (Å²) in [6.07, 6.45) is -0.482. The van der Waals surface area contributed by atoms with Gasteiger partial charge in [-0.25, -0.2) is 9.18 Å². The van der Waals surface area contributed by atoms with Gasteiger partial charge >= 0.3 is 6.09 Å². The molecule has 2 rings (SSSR count). The van der Waals surface area contributed by atoms with Gasteiger partial charge in [-0.15, -0.1) is 11.3 Å². The third-order valence-electron chi connectivity index (χ3n) is 3.56. The Morgan fingerprint density at radius 3 is 2.56 bits per heavy atom. The van der Waals surface area contributed by atoms with Crippen LogP contribution in [0.15, 0.2) is 30.3 Å². The molecular formula is C19H25FN2O2S. The smallest absolute Gasteiger partial charge is 0.410 e. The molecule has 1 aromatic carbocycles. The number of hydrogen-bond acceptors (Lipinski definition) is 4. The van der Waals surface area contributed by atoms with Gasteiger partial charge in [-0.1, -0.05) is 12.1 Å². The van der Waals surface area contributed by atoms with Crippen LogP contribution in [-0.2, 0) is 11.3 Å². The first-order valence-electron chi connectivity index (χ1n) is 8.15. The number of thiophene rings is 1. The number of halogens is 1. The normalized spacial score (nSPS) is 12.8. The molecule has 2 aromatic rings. The van der Waals surface area contributed by atoms with Gasteiger partial charge in [0.2, 0.25) is 0 Å². The largest absolute Gasteiger partial charge is 0.444 e. The van der Waals surface area contributed by atoms with Gasteiger partial charge in [0.05, 0.1) is 6.54 Å². The Morgan fingerprint density at radius 1 is 1.32 bits per heavy atom. The van der Waals surface area contributed by atoms with Crippen molar-refractivity contribution in [1.82, 2.24) is 4.90 Å². The molecule has 2 N–H and O–H groups in total. The highest BCUT2D eigenvalue weighted by Crippen LogP contribution is 2.34. The average Bonchev–Trinajstić information content (AvgIpc) is 2.97. The molecule has 4 nitrogen and oxygen atoms in total. The molecule has 0 bridgehead atoms. The van der Waals surface area contributed by atoms with Crippen molar-refractivity contribution in [3.8, 4) is 10.4 Å². The zero-order chi connectivity index (χ0) is 18.8. The van der Waals surface area contributed by atoms with E-state index in [2.05, 4.69) is 0 Å². The lowest BCUT2D eigenvalue weighted by molar-refractivity contribution is 0.0284. The summed E-state index contributed by atoms with van der Waals surface area (Å²) in [5.74, 6) is -0.344. The average molecular weight is 364 g/mol. The topological polar surface area (TPSA) is 55.6 Å². The molecule has 0 aliphatic carbocycles. The van der Waals surface area contributed by atoms with E-state index in [4.69, 9.17) is 10.5 Å². The van der Waals surface area contributed by atoms with Crippen molar-refractivity contribution in [3.05, 3.63) is 46.6 Å². The van der Waals surface area contributed by atoms with E-state index < -0.39 is 11.7 Å². The highest BCUT2D eigenvalue weighted by molar-refractivity contribution is 7.15. The number of nitrogens with zero attached hydrogens (tertiary/aromatic N) is 1. The van der Waals surface area contributed by atoms with E-state index in [-0.39, 0.29) is 18.4 Å². The van der Waals surface area contributed by atoms with Crippen molar-refractivity contribution in [2.75, 3.05) is 7.05 Å². The molecule has 25 heavy (non-hydrogen) atoms. The van der Waals surface area contributed by atoms with E-state index in [0.29, 0.717) is 5.56 Å². The minimum absolute atomic E-state index is 0.0693. The maximum absolute atomic E-state index is 14.5. The van der Waals surface area contributed by atoms with Gasteiger partial charge in [0.1, 0.15) is 11.4 Å². The second kappa shape index (κ2) is 7.54. The molecule has 136 valence electrons. The Morgan fingerprint density at radius 2 is 2.00 bits per heavy atom. The molecule has 1 atom stereocenters. The molecule has 0 aliphatic rings. The lowest BCUT2D eigenvalue weighted by Crippen LogP contribution is -2.34. The Balaban J connectivity index is 2.30. The van der Waals surface area contributed by atoms with E-state index in [1.165, 1.54) is 22.3 Å². The zero-order valence-electron chi connectivity index (χ0n) is 15.3. The summed E-state index contributed by atoms with van der Waals surface area (Å²) >= 11 is 1.54. The third kappa shape index (κ3) is 5.03. The number of benzene rings is 1. The quantitative estimate of drug-likeness (QED) is 0.836. The van der Waals surface area contributed by atoms with Crippen LogP contribution in [0.25, 0.3) is 10.4 Å². The molecule has 0 fully saturated rings.